The highest BCUT2D eigenvalue weighted by Crippen LogP contribution is 2.60. The topological polar surface area (TPSA) is 55.4 Å². The molecule has 1 aromatic rings. The maximum absolute atomic E-state index is 12.4. The number of esters is 1. The Labute approximate surface area is 150 Å². The van der Waals surface area contributed by atoms with E-state index in [9.17, 15) is 9.59 Å². The lowest BCUT2D eigenvalue weighted by atomic mass is 9.56. The zero-order valence-electron chi connectivity index (χ0n) is 13.9. The predicted octanol–water partition coefficient (Wildman–Crippen LogP) is 4.18. The molecule has 24 heavy (non-hydrogen) atoms. The molecule has 4 saturated carbocycles. The molecule has 1 N–H and O–H groups in total. The lowest BCUT2D eigenvalue weighted by Crippen LogP contribution is -2.49. The number of carbonyl (C=O) groups excluding carboxylic acids is 2. The van der Waals surface area contributed by atoms with Gasteiger partial charge in [-0.15, -0.1) is 23.1 Å². The molecule has 1 aromatic heterocycles. The van der Waals surface area contributed by atoms with Gasteiger partial charge in [0.15, 0.2) is 0 Å². The molecule has 0 saturated heterocycles. The first kappa shape index (κ1) is 16.5. The first-order chi connectivity index (χ1) is 11.6. The highest BCUT2D eigenvalue weighted by atomic mass is 32.2. The van der Waals surface area contributed by atoms with Crippen LogP contribution >= 0.6 is 23.1 Å². The molecule has 4 bridgehead atoms. The first-order valence-corrected chi connectivity index (χ1v) is 10.5. The van der Waals surface area contributed by atoms with Crippen LogP contribution in [0, 0.1) is 17.8 Å². The van der Waals surface area contributed by atoms with Crippen LogP contribution in [0.25, 0.3) is 0 Å². The van der Waals surface area contributed by atoms with Crippen molar-refractivity contribution in [2.24, 2.45) is 17.8 Å². The van der Waals surface area contributed by atoms with Crippen LogP contribution in [0.2, 0.25) is 0 Å². The van der Waals surface area contributed by atoms with Crippen LogP contribution in [-0.2, 0) is 9.53 Å². The Morgan fingerprint density at radius 3 is 2.46 bits per heavy atom. The van der Waals surface area contributed by atoms with Crippen LogP contribution < -0.4 is 5.32 Å². The monoisotopic (exact) mass is 365 g/mol. The molecule has 1 amide bonds. The van der Waals surface area contributed by atoms with Gasteiger partial charge < -0.3 is 10.1 Å². The molecular weight excluding hydrogens is 342 g/mol. The van der Waals surface area contributed by atoms with Crippen molar-refractivity contribution in [1.29, 1.82) is 0 Å². The minimum Gasteiger partial charge on any atom is -0.465 e. The summed E-state index contributed by atoms with van der Waals surface area (Å²) in [5, 5.41) is 4.69. The Hall–Kier alpha value is -1.01. The maximum Gasteiger partial charge on any atom is 0.350 e. The van der Waals surface area contributed by atoms with Crippen LogP contribution in [0.15, 0.2) is 11.4 Å². The van der Waals surface area contributed by atoms with Crippen LogP contribution in [0.3, 0.4) is 0 Å². The molecule has 0 atom stereocenters. The molecule has 1 heterocycles. The smallest absolute Gasteiger partial charge is 0.350 e. The Kier molecular flexibility index (Phi) is 4.37. The molecule has 0 spiro atoms. The fourth-order valence-corrected chi connectivity index (χ4v) is 7.61. The third-order valence-electron chi connectivity index (χ3n) is 5.80. The Morgan fingerprint density at radius 1 is 1.25 bits per heavy atom. The van der Waals surface area contributed by atoms with Crippen molar-refractivity contribution in [2.75, 3.05) is 18.2 Å². The summed E-state index contributed by atoms with van der Waals surface area (Å²) in [5.74, 6) is 2.76. The van der Waals surface area contributed by atoms with Crippen LogP contribution in [0.5, 0.6) is 0 Å². The lowest BCUT2D eigenvalue weighted by Gasteiger charge is -2.56. The van der Waals surface area contributed by atoms with Crippen LogP contribution in [0.1, 0.15) is 48.2 Å². The molecule has 4 aliphatic carbocycles. The summed E-state index contributed by atoms with van der Waals surface area (Å²) in [6, 6.07) is 1.77. The van der Waals surface area contributed by atoms with Gasteiger partial charge in [-0.05, 0) is 67.7 Å². The summed E-state index contributed by atoms with van der Waals surface area (Å²) in [7, 11) is 1.36. The maximum atomic E-state index is 12.4. The Morgan fingerprint density at radius 2 is 1.88 bits per heavy atom. The van der Waals surface area contributed by atoms with Gasteiger partial charge in [0.2, 0.25) is 5.91 Å². The quantitative estimate of drug-likeness (QED) is 0.796. The third-order valence-corrected chi connectivity index (χ3v) is 8.21. The number of anilines is 1. The largest absolute Gasteiger partial charge is 0.465 e. The number of thiophene rings is 1. The second kappa shape index (κ2) is 6.37. The van der Waals surface area contributed by atoms with E-state index in [1.807, 2.05) is 11.8 Å². The third kappa shape index (κ3) is 3.10. The second-order valence-electron chi connectivity index (χ2n) is 7.59. The molecule has 0 aromatic carbocycles. The fraction of sp³-hybridized carbons (Fsp3) is 0.667. The predicted molar refractivity (Wildman–Crippen MR) is 97.6 cm³/mol. The SMILES string of the molecule is COC(=O)c1sccc1NC(=O)CSC12CC3CC(CC(C3)C1)C2. The zero-order valence-corrected chi connectivity index (χ0v) is 15.5. The summed E-state index contributed by atoms with van der Waals surface area (Å²) < 4.78 is 5.10. The molecule has 4 fully saturated rings. The van der Waals surface area contributed by atoms with Gasteiger partial charge in [-0.3, -0.25) is 4.79 Å². The number of hydrogen-bond acceptors (Lipinski definition) is 5. The molecule has 5 rings (SSSR count). The minimum atomic E-state index is -0.394. The van der Waals surface area contributed by atoms with E-state index in [4.69, 9.17) is 4.74 Å². The fourth-order valence-electron chi connectivity index (χ4n) is 5.27. The molecule has 0 aliphatic heterocycles. The van der Waals surface area contributed by atoms with Gasteiger partial charge in [0.05, 0.1) is 18.6 Å². The summed E-state index contributed by atoms with van der Waals surface area (Å²) in [5.41, 5.74) is 0.572. The van der Waals surface area contributed by atoms with Gasteiger partial charge in [-0.2, -0.15) is 0 Å². The number of nitrogens with one attached hydrogen (secondary N) is 1. The molecular formula is C18H23NO3S2. The standard InChI is InChI=1S/C18H23NO3S2/c1-22-17(21)16-14(2-3-23-16)19-15(20)10-24-18-7-11-4-12(8-18)6-13(5-11)9-18/h2-3,11-13H,4-10H2,1H3,(H,19,20). The van der Waals surface area contributed by atoms with Crippen molar-refractivity contribution in [2.45, 2.75) is 43.3 Å². The van der Waals surface area contributed by atoms with Crippen molar-refractivity contribution in [3.8, 4) is 0 Å². The van der Waals surface area contributed by atoms with Gasteiger partial charge in [0, 0.05) is 4.75 Å². The number of rotatable bonds is 5. The molecule has 6 heteroatoms. The Bertz CT molecular complexity index is 619. The molecule has 4 nitrogen and oxygen atoms in total. The van der Waals surface area contributed by atoms with Gasteiger partial charge >= 0.3 is 5.97 Å². The van der Waals surface area contributed by atoms with E-state index >= 15 is 0 Å². The van der Waals surface area contributed by atoms with E-state index in [0.29, 0.717) is 21.1 Å². The van der Waals surface area contributed by atoms with Crippen molar-refractivity contribution in [1.82, 2.24) is 0 Å². The lowest BCUT2D eigenvalue weighted by molar-refractivity contribution is -0.113. The van der Waals surface area contributed by atoms with Gasteiger partial charge in [-0.1, -0.05) is 0 Å². The van der Waals surface area contributed by atoms with Gasteiger partial charge in [0.25, 0.3) is 0 Å². The van der Waals surface area contributed by atoms with Crippen molar-refractivity contribution >= 4 is 40.7 Å². The normalized spacial score (nSPS) is 33.5. The zero-order chi connectivity index (χ0) is 16.7. The number of hydrogen-bond donors (Lipinski definition) is 1. The van der Waals surface area contributed by atoms with Crippen molar-refractivity contribution < 1.29 is 14.3 Å². The van der Waals surface area contributed by atoms with E-state index in [2.05, 4.69) is 5.32 Å². The van der Waals surface area contributed by atoms with E-state index in [1.165, 1.54) is 57.0 Å². The highest BCUT2D eigenvalue weighted by molar-refractivity contribution is 8.01. The Balaban J connectivity index is 1.36. The molecule has 0 unspecified atom stereocenters. The van der Waals surface area contributed by atoms with Crippen LogP contribution in [-0.4, -0.2) is 29.5 Å². The molecule has 4 aliphatic rings. The number of carbonyl (C=O) groups is 2. The molecule has 130 valence electrons. The minimum absolute atomic E-state index is 0.0145. The number of amides is 1. The number of ether oxygens (including phenoxy) is 1. The summed E-state index contributed by atoms with van der Waals surface area (Å²) in [6.45, 7) is 0. The first-order valence-electron chi connectivity index (χ1n) is 8.66. The average molecular weight is 366 g/mol. The second-order valence-corrected chi connectivity index (χ2v) is 9.95. The molecule has 0 radical (unpaired) electrons. The van der Waals surface area contributed by atoms with E-state index in [-0.39, 0.29) is 5.91 Å². The van der Waals surface area contributed by atoms with Crippen molar-refractivity contribution in [3.63, 3.8) is 0 Å². The number of methoxy groups -OCH3 is 1. The van der Waals surface area contributed by atoms with Gasteiger partial charge in [-0.25, -0.2) is 4.79 Å². The summed E-state index contributed by atoms with van der Waals surface area (Å²) in [4.78, 5) is 24.5. The van der Waals surface area contributed by atoms with E-state index in [1.54, 1.807) is 11.4 Å². The summed E-state index contributed by atoms with van der Waals surface area (Å²) in [6.07, 6.45) is 8.14. The number of thioether (sulfide) groups is 1. The highest BCUT2D eigenvalue weighted by Gasteiger charge is 2.51. The van der Waals surface area contributed by atoms with Crippen molar-refractivity contribution in [3.05, 3.63) is 16.3 Å². The van der Waals surface area contributed by atoms with Gasteiger partial charge in [0.1, 0.15) is 4.88 Å². The average Bonchev–Trinajstić information content (AvgIpc) is 2.99. The summed E-state index contributed by atoms with van der Waals surface area (Å²) >= 11 is 3.15. The van der Waals surface area contributed by atoms with E-state index in [0.717, 1.165) is 17.8 Å². The van der Waals surface area contributed by atoms with E-state index < -0.39 is 5.97 Å². The van der Waals surface area contributed by atoms with Crippen LogP contribution in [0.4, 0.5) is 5.69 Å².